The lowest BCUT2D eigenvalue weighted by atomic mass is 10.1. The van der Waals surface area contributed by atoms with Crippen molar-refractivity contribution in [3.05, 3.63) is 34.3 Å². The SMILES string of the molecule is COCC(N)C(=O)NC(C)Cc1ccc(Br)cc1. The molecule has 0 fully saturated rings. The molecule has 0 aliphatic rings. The van der Waals surface area contributed by atoms with Crippen LogP contribution >= 0.6 is 15.9 Å². The number of carbonyl (C=O) groups excluding carboxylic acids is 1. The molecule has 0 heterocycles. The third-order valence-electron chi connectivity index (χ3n) is 2.53. The molecular formula is C13H19BrN2O2. The van der Waals surface area contributed by atoms with Gasteiger partial charge in [0.05, 0.1) is 6.61 Å². The minimum Gasteiger partial charge on any atom is -0.383 e. The van der Waals surface area contributed by atoms with E-state index in [0.717, 1.165) is 10.9 Å². The number of hydrogen-bond acceptors (Lipinski definition) is 3. The average molecular weight is 315 g/mol. The van der Waals surface area contributed by atoms with Gasteiger partial charge in [0.25, 0.3) is 0 Å². The molecule has 0 saturated carbocycles. The summed E-state index contributed by atoms with van der Waals surface area (Å²) in [6.45, 7) is 2.19. The van der Waals surface area contributed by atoms with Crippen LogP contribution in [-0.2, 0) is 16.0 Å². The van der Waals surface area contributed by atoms with Crippen LogP contribution in [0.15, 0.2) is 28.7 Å². The van der Waals surface area contributed by atoms with Crippen LogP contribution in [0, 0.1) is 0 Å². The molecule has 0 spiro atoms. The maximum absolute atomic E-state index is 11.7. The Bertz CT molecular complexity index is 381. The number of benzene rings is 1. The van der Waals surface area contributed by atoms with Crippen molar-refractivity contribution in [2.24, 2.45) is 5.73 Å². The van der Waals surface area contributed by atoms with Crippen LogP contribution in [-0.4, -0.2) is 31.7 Å². The number of methoxy groups -OCH3 is 1. The highest BCUT2D eigenvalue weighted by atomic mass is 79.9. The van der Waals surface area contributed by atoms with Crippen LogP contribution < -0.4 is 11.1 Å². The number of nitrogens with two attached hydrogens (primary N) is 1. The lowest BCUT2D eigenvalue weighted by Crippen LogP contribution is -2.47. The number of halogens is 1. The summed E-state index contributed by atoms with van der Waals surface area (Å²) in [6, 6.07) is 7.47. The molecule has 0 aliphatic heterocycles. The van der Waals surface area contributed by atoms with Gasteiger partial charge in [-0.3, -0.25) is 4.79 Å². The molecule has 1 aromatic rings. The molecule has 0 radical (unpaired) electrons. The second-order valence-electron chi connectivity index (χ2n) is 4.30. The third kappa shape index (κ3) is 5.16. The van der Waals surface area contributed by atoms with Gasteiger partial charge in [0.1, 0.15) is 6.04 Å². The van der Waals surface area contributed by atoms with Gasteiger partial charge in [0, 0.05) is 17.6 Å². The van der Waals surface area contributed by atoms with Crippen molar-refractivity contribution in [3.8, 4) is 0 Å². The quantitative estimate of drug-likeness (QED) is 0.835. The fraction of sp³-hybridized carbons (Fsp3) is 0.462. The molecule has 4 nitrogen and oxygen atoms in total. The highest BCUT2D eigenvalue weighted by molar-refractivity contribution is 9.10. The topological polar surface area (TPSA) is 64.3 Å². The highest BCUT2D eigenvalue weighted by Gasteiger charge is 2.15. The summed E-state index contributed by atoms with van der Waals surface area (Å²) < 4.78 is 5.89. The van der Waals surface area contributed by atoms with Crippen molar-refractivity contribution in [2.75, 3.05) is 13.7 Å². The van der Waals surface area contributed by atoms with E-state index in [4.69, 9.17) is 10.5 Å². The Morgan fingerprint density at radius 3 is 2.61 bits per heavy atom. The second-order valence-corrected chi connectivity index (χ2v) is 5.22. The summed E-state index contributed by atoms with van der Waals surface area (Å²) in [6.07, 6.45) is 0.777. The molecule has 100 valence electrons. The van der Waals surface area contributed by atoms with Crippen LogP contribution in [0.3, 0.4) is 0 Å². The van der Waals surface area contributed by atoms with Crippen LogP contribution in [0.4, 0.5) is 0 Å². The fourth-order valence-electron chi connectivity index (χ4n) is 1.63. The molecule has 3 N–H and O–H groups in total. The zero-order valence-corrected chi connectivity index (χ0v) is 12.2. The zero-order valence-electron chi connectivity index (χ0n) is 10.7. The second kappa shape index (κ2) is 7.51. The maximum Gasteiger partial charge on any atom is 0.239 e. The number of amides is 1. The van der Waals surface area contributed by atoms with Crippen molar-refractivity contribution in [2.45, 2.75) is 25.4 Å². The first-order chi connectivity index (χ1) is 8.52. The van der Waals surface area contributed by atoms with E-state index in [1.54, 1.807) is 0 Å². The molecule has 0 aromatic heterocycles. The van der Waals surface area contributed by atoms with Gasteiger partial charge < -0.3 is 15.8 Å². The Labute approximate surface area is 116 Å². The predicted octanol–water partition coefficient (Wildman–Crippen LogP) is 1.47. The van der Waals surface area contributed by atoms with Gasteiger partial charge in [-0.2, -0.15) is 0 Å². The lowest BCUT2D eigenvalue weighted by molar-refractivity contribution is -0.124. The Kier molecular flexibility index (Phi) is 6.32. The standard InChI is InChI=1S/C13H19BrN2O2/c1-9(16-13(17)12(15)8-18-2)7-10-3-5-11(14)6-4-10/h3-6,9,12H,7-8,15H2,1-2H3,(H,16,17). The minimum atomic E-state index is -0.609. The van der Waals surface area contributed by atoms with Gasteiger partial charge in [-0.1, -0.05) is 28.1 Å². The normalized spacial score (nSPS) is 14.0. The average Bonchev–Trinajstić information content (AvgIpc) is 2.32. The number of hydrogen-bond donors (Lipinski definition) is 2. The third-order valence-corrected chi connectivity index (χ3v) is 3.06. The molecular weight excluding hydrogens is 296 g/mol. The smallest absolute Gasteiger partial charge is 0.239 e. The highest BCUT2D eigenvalue weighted by Crippen LogP contribution is 2.11. The summed E-state index contributed by atoms with van der Waals surface area (Å²) in [5, 5.41) is 2.87. The van der Waals surface area contributed by atoms with Crippen molar-refractivity contribution in [1.82, 2.24) is 5.32 Å². The largest absolute Gasteiger partial charge is 0.383 e. The van der Waals surface area contributed by atoms with Crippen molar-refractivity contribution < 1.29 is 9.53 Å². The Morgan fingerprint density at radius 1 is 1.44 bits per heavy atom. The molecule has 1 rings (SSSR count). The van der Waals surface area contributed by atoms with Crippen LogP contribution in [0.1, 0.15) is 12.5 Å². The summed E-state index contributed by atoms with van der Waals surface area (Å²) in [4.78, 5) is 11.7. The number of ether oxygens (including phenoxy) is 1. The van der Waals surface area contributed by atoms with Crippen molar-refractivity contribution >= 4 is 21.8 Å². The molecule has 0 aliphatic carbocycles. The van der Waals surface area contributed by atoms with Gasteiger partial charge in [-0.25, -0.2) is 0 Å². The zero-order chi connectivity index (χ0) is 13.5. The van der Waals surface area contributed by atoms with Gasteiger partial charge in [0.15, 0.2) is 0 Å². The van der Waals surface area contributed by atoms with Gasteiger partial charge in [-0.05, 0) is 31.0 Å². The van der Waals surface area contributed by atoms with Gasteiger partial charge in [-0.15, -0.1) is 0 Å². The van der Waals surface area contributed by atoms with E-state index in [2.05, 4.69) is 21.2 Å². The van der Waals surface area contributed by atoms with Gasteiger partial charge in [0.2, 0.25) is 5.91 Å². The molecule has 1 amide bonds. The van der Waals surface area contributed by atoms with Crippen LogP contribution in [0.2, 0.25) is 0 Å². The van der Waals surface area contributed by atoms with E-state index in [1.807, 2.05) is 31.2 Å². The van der Waals surface area contributed by atoms with Crippen molar-refractivity contribution in [3.63, 3.8) is 0 Å². The van der Waals surface area contributed by atoms with Crippen LogP contribution in [0.25, 0.3) is 0 Å². The molecule has 1 aromatic carbocycles. The molecule has 0 saturated heterocycles. The van der Waals surface area contributed by atoms with E-state index in [9.17, 15) is 4.79 Å². The minimum absolute atomic E-state index is 0.0431. The number of carbonyl (C=O) groups is 1. The Balaban J connectivity index is 2.43. The van der Waals surface area contributed by atoms with E-state index in [-0.39, 0.29) is 18.6 Å². The molecule has 2 atom stereocenters. The van der Waals surface area contributed by atoms with E-state index < -0.39 is 6.04 Å². The van der Waals surface area contributed by atoms with E-state index >= 15 is 0 Å². The van der Waals surface area contributed by atoms with Crippen LogP contribution in [0.5, 0.6) is 0 Å². The molecule has 2 unspecified atom stereocenters. The first kappa shape index (κ1) is 15.1. The summed E-state index contributed by atoms with van der Waals surface area (Å²) >= 11 is 3.39. The van der Waals surface area contributed by atoms with E-state index in [1.165, 1.54) is 12.7 Å². The first-order valence-corrected chi connectivity index (χ1v) is 6.61. The van der Waals surface area contributed by atoms with Gasteiger partial charge >= 0.3 is 0 Å². The monoisotopic (exact) mass is 314 g/mol. The lowest BCUT2D eigenvalue weighted by Gasteiger charge is -2.17. The summed E-state index contributed by atoms with van der Waals surface area (Å²) in [7, 11) is 1.53. The molecule has 5 heteroatoms. The Morgan fingerprint density at radius 2 is 2.06 bits per heavy atom. The molecule has 0 bridgehead atoms. The van der Waals surface area contributed by atoms with Crippen molar-refractivity contribution in [1.29, 1.82) is 0 Å². The molecule has 18 heavy (non-hydrogen) atoms. The van der Waals surface area contributed by atoms with E-state index in [0.29, 0.717) is 0 Å². The number of rotatable bonds is 6. The Hall–Kier alpha value is -0.910. The number of nitrogens with one attached hydrogen (secondary N) is 1. The fourth-order valence-corrected chi connectivity index (χ4v) is 1.89. The maximum atomic E-state index is 11.7. The summed E-state index contributed by atoms with van der Waals surface area (Å²) in [5.41, 5.74) is 6.82. The predicted molar refractivity (Wildman–Crippen MR) is 75.3 cm³/mol. The summed E-state index contributed by atoms with van der Waals surface area (Å²) in [5.74, 6) is -0.179. The first-order valence-electron chi connectivity index (χ1n) is 5.82.